The molecule has 0 aromatic carbocycles. The molecule has 2 rings (SSSR count). The molecule has 0 amide bonds. The Morgan fingerprint density at radius 3 is 3.14 bits per heavy atom. The molecule has 2 heterocycles. The van der Waals surface area contributed by atoms with Gasteiger partial charge < -0.3 is 15.0 Å². The summed E-state index contributed by atoms with van der Waals surface area (Å²) in [7, 11) is 0. The summed E-state index contributed by atoms with van der Waals surface area (Å²) in [6.07, 6.45) is 3.77. The van der Waals surface area contributed by atoms with Crippen molar-refractivity contribution in [3.05, 3.63) is 28.7 Å². The average molecular weight is 194 g/mol. The van der Waals surface area contributed by atoms with Crippen molar-refractivity contribution in [3.63, 3.8) is 0 Å². The normalized spacial score (nSPS) is 22.1. The lowest BCUT2D eigenvalue weighted by molar-refractivity contribution is 0.0581. The molecule has 0 unspecified atom stereocenters. The maximum absolute atomic E-state index is 11.7. The van der Waals surface area contributed by atoms with Crippen molar-refractivity contribution in [1.82, 2.24) is 4.57 Å². The van der Waals surface area contributed by atoms with E-state index in [0.29, 0.717) is 12.3 Å². The van der Waals surface area contributed by atoms with Gasteiger partial charge in [-0.05, 0) is 25.0 Å². The number of pyridine rings is 1. The second-order valence-corrected chi connectivity index (χ2v) is 3.55. The summed E-state index contributed by atoms with van der Waals surface area (Å²) in [5.74, 6) is 0. The van der Waals surface area contributed by atoms with E-state index in [0.717, 1.165) is 19.4 Å². The molecule has 4 nitrogen and oxygen atoms in total. The van der Waals surface area contributed by atoms with E-state index in [-0.39, 0.29) is 11.6 Å². The first-order valence-electron chi connectivity index (χ1n) is 4.83. The molecule has 0 aliphatic carbocycles. The summed E-state index contributed by atoms with van der Waals surface area (Å²) < 4.78 is 7.01. The van der Waals surface area contributed by atoms with Crippen LogP contribution in [0, 0.1) is 0 Å². The Balaban J connectivity index is 2.31. The van der Waals surface area contributed by atoms with Crippen LogP contribution in [0.1, 0.15) is 18.9 Å². The van der Waals surface area contributed by atoms with Crippen molar-refractivity contribution in [3.8, 4) is 0 Å². The number of nitrogen functional groups attached to an aromatic ring is 1. The standard InChI is InChI=1S/C10H14N2O2/c11-9-4-1-5-12(10(9)13)8-3-2-6-14-7-8/h1,4-5,8H,2-3,6-7,11H2/t8-/m1/s1. The summed E-state index contributed by atoms with van der Waals surface area (Å²) in [6, 6.07) is 3.58. The smallest absolute Gasteiger partial charge is 0.273 e. The number of aromatic nitrogens is 1. The van der Waals surface area contributed by atoms with Crippen LogP contribution in [0.3, 0.4) is 0 Å². The Morgan fingerprint density at radius 1 is 1.57 bits per heavy atom. The van der Waals surface area contributed by atoms with Crippen molar-refractivity contribution >= 4 is 5.69 Å². The molecule has 4 heteroatoms. The van der Waals surface area contributed by atoms with Crippen LogP contribution in [0.4, 0.5) is 5.69 Å². The van der Waals surface area contributed by atoms with E-state index in [1.165, 1.54) is 0 Å². The maximum atomic E-state index is 11.7. The van der Waals surface area contributed by atoms with Gasteiger partial charge in [0.1, 0.15) is 0 Å². The first-order valence-corrected chi connectivity index (χ1v) is 4.83. The van der Waals surface area contributed by atoms with Gasteiger partial charge in [0.25, 0.3) is 5.56 Å². The van der Waals surface area contributed by atoms with E-state index >= 15 is 0 Å². The maximum Gasteiger partial charge on any atom is 0.273 e. The Kier molecular flexibility index (Phi) is 2.54. The predicted molar refractivity (Wildman–Crippen MR) is 54.2 cm³/mol. The summed E-state index contributed by atoms with van der Waals surface area (Å²) in [6.45, 7) is 1.41. The number of hydrogen-bond donors (Lipinski definition) is 1. The van der Waals surface area contributed by atoms with Crippen LogP contribution < -0.4 is 11.3 Å². The molecule has 0 radical (unpaired) electrons. The number of hydrogen-bond acceptors (Lipinski definition) is 3. The summed E-state index contributed by atoms with van der Waals surface area (Å²) >= 11 is 0. The van der Waals surface area contributed by atoms with E-state index in [4.69, 9.17) is 10.5 Å². The van der Waals surface area contributed by atoms with Crippen LogP contribution in [-0.4, -0.2) is 17.8 Å². The van der Waals surface area contributed by atoms with Crippen LogP contribution in [0.5, 0.6) is 0 Å². The third kappa shape index (κ3) is 1.65. The van der Waals surface area contributed by atoms with E-state index in [9.17, 15) is 4.79 Å². The molecule has 1 aliphatic rings. The molecule has 1 saturated heterocycles. The van der Waals surface area contributed by atoms with Crippen LogP contribution in [0.15, 0.2) is 23.1 Å². The molecule has 76 valence electrons. The van der Waals surface area contributed by atoms with Gasteiger partial charge in [-0.1, -0.05) is 0 Å². The van der Waals surface area contributed by atoms with Crippen molar-refractivity contribution in [2.24, 2.45) is 0 Å². The number of rotatable bonds is 1. The van der Waals surface area contributed by atoms with Gasteiger partial charge in [0.2, 0.25) is 0 Å². The fourth-order valence-corrected chi connectivity index (χ4v) is 1.76. The van der Waals surface area contributed by atoms with Crippen LogP contribution >= 0.6 is 0 Å². The molecule has 14 heavy (non-hydrogen) atoms. The first-order chi connectivity index (χ1) is 6.79. The molecular formula is C10H14N2O2. The predicted octanol–water partition coefficient (Wildman–Crippen LogP) is 0.782. The molecule has 1 aromatic heterocycles. The van der Waals surface area contributed by atoms with E-state index in [1.54, 1.807) is 22.9 Å². The molecule has 0 bridgehead atoms. The Labute approximate surface area is 82.3 Å². The minimum Gasteiger partial charge on any atom is -0.394 e. The number of nitrogens with two attached hydrogens (primary N) is 1. The average Bonchev–Trinajstić information content (AvgIpc) is 2.23. The fourth-order valence-electron chi connectivity index (χ4n) is 1.76. The quantitative estimate of drug-likeness (QED) is 0.718. The molecule has 1 atom stereocenters. The monoisotopic (exact) mass is 194 g/mol. The molecule has 1 aromatic rings. The van der Waals surface area contributed by atoms with E-state index in [2.05, 4.69) is 0 Å². The zero-order valence-corrected chi connectivity index (χ0v) is 7.98. The van der Waals surface area contributed by atoms with Gasteiger partial charge in [-0.25, -0.2) is 0 Å². The summed E-state index contributed by atoms with van der Waals surface area (Å²) in [5, 5.41) is 0. The minimum atomic E-state index is -0.108. The van der Waals surface area contributed by atoms with Crippen molar-refractivity contribution in [1.29, 1.82) is 0 Å². The number of nitrogens with zero attached hydrogens (tertiary/aromatic N) is 1. The second-order valence-electron chi connectivity index (χ2n) is 3.55. The molecule has 0 spiro atoms. The van der Waals surface area contributed by atoms with Gasteiger partial charge in [-0.3, -0.25) is 4.79 Å². The zero-order chi connectivity index (χ0) is 9.97. The van der Waals surface area contributed by atoms with Crippen LogP contribution in [0.25, 0.3) is 0 Å². The lowest BCUT2D eigenvalue weighted by Gasteiger charge is -2.24. The highest BCUT2D eigenvalue weighted by molar-refractivity contribution is 5.33. The highest BCUT2D eigenvalue weighted by Gasteiger charge is 2.16. The highest BCUT2D eigenvalue weighted by Crippen LogP contribution is 2.17. The second kappa shape index (κ2) is 3.84. The number of anilines is 1. The highest BCUT2D eigenvalue weighted by atomic mass is 16.5. The lowest BCUT2D eigenvalue weighted by atomic mass is 10.1. The Morgan fingerprint density at radius 2 is 2.43 bits per heavy atom. The van der Waals surface area contributed by atoms with Crippen molar-refractivity contribution in [2.75, 3.05) is 18.9 Å². The minimum absolute atomic E-state index is 0.108. The van der Waals surface area contributed by atoms with Crippen LogP contribution in [-0.2, 0) is 4.74 Å². The van der Waals surface area contributed by atoms with Crippen molar-refractivity contribution < 1.29 is 4.74 Å². The number of ether oxygens (including phenoxy) is 1. The molecular weight excluding hydrogens is 180 g/mol. The Bertz CT molecular complexity index is 367. The van der Waals surface area contributed by atoms with E-state index < -0.39 is 0 Å². The van der Waals surface area contributed by atoms with Gasteiger partial charge in [0.15, 0.2) is 0 Å². The van der Waals surface area contributed by atoms with Crippen LogP contribution in [0.2, 0.25) is 0 Å². The molecule has 1 fully saturated rings. The fraction of sp³-hybridized carbons (Fsp3) is 0.500. The third-order valence-electron chi connectivity index (χ3n) is 2.53. The van der Waals surface area contributed by atoms with Gasteiger partial charge in [-0.15, -0.1) is 0 Å². The Hall–Kier alpha value is -1.29. The topological polar surface area (TPSA) is 57.2 Å². The zero-order valence-electron chi connectivity index (χ0n) is 7.98. The molecule has 2 N–H and O–H groups in total. The lowest BCUT2D eigenvalue weighted by Crippen LogP contribution is -2.31. The van der Waals surface area contributed by atoms with Gasteiger partial charge >= 0.3 is 0 Å². The summed E-state index contributed by atoms with van der Waals surface area (Å²) in [4.78, 5) is 11.7. The third-order valence-corrected chi connectivity index (χ3v) is 2.53. The van der Waals surface area contributed by atoms with Gasteiger partial charge in [0, 0.05) is 12.8 Å². The summed E-state index contributed by atoms with van der Waals surface area (Å²) in [5.41, 5.74) is 5.75. The first kappa shape index (κ1) is 9.27. The SMILES string of the molecule is Nc1cccn([C@@H]2CCCOC2)c1=O. The van der Waals surface area contributed by atoms with Gasteiger partial charge in [-0.2, -0.15) is 0 Å². The largest absolute Gasteiger partial charge is 0.394 e. The molecule has 0 saturated carbocycles. The molecule has 1 aliphatic heterocycles. The van der Waals surface area contributed by atoms with Crippen molar-refractivity contribution in [2.45, 2.75) is 18.9 Å². The van der Waals surface area contributed by atoms with E-state index in [1.807, 2.05) is 0 Å². The van der Waals surface area contributed by atoms with Gasteiger partial charge in [0.05, 0.1) is 18.3 Å².